The van der Waals surface area contributed by atoms with E-state index in [0.717, 1.165) is 17.1 Å². The minimum atomic E-state index is -0.0523. The van der Waals surface area contributed by atoms with Crippen LogP contribution in [-0.2, 0) is 5.41 Å². The Morgan fingerprint density at radius 1 is 0.474 bits per heavy atom. The number of hydrogen-bond donors (Lipinski definition) is 0. The highest BCUT2D eigenvalue weighted by Gasteiger charge is 2.37. The highest BCUT2D eigenvalue weighted by Crippen LogP contribution is 2.56. The van der Waals surface area contributed by atoms with Crippen LogP contribution in [0.5, 0.6) is 11.5 Å². The standard InChI is InChI=1S/C37H26O/c1-37(2)30-19-8-6-15-26(30)35-27(18-11-20-31(35)37)34-28-17-10-16-25-24-14-7-9-21-32(24)38-33(36(25)28)22-29(34)23-12-4-3-5-13-23/h3-22H,1-2H3. The molecule has 2 aliphatic rings. The predicted molar refractivity (Wildman–Crippen MR) is 158 cm³/mol. The lowest BCUT2D eigenvalue weighted by atomic mass is 9.80. The third kappa shape index (κ3) is 2.82. The van der Waals surface area contributed by atoms with E-state index < -0.39 is 0 Å². The van der Waals surface area contributed by atoms with Crippen LogP contribution >= 0.6 is 0 Å². The Balaban J connectivity index is 1.54. The van der Waals surface area contributed by atoms with Gasteiger partial charge in [-0.3, -0.25) is 0 Å². The molecule has 0 unspecified atom stereocenters. The molecule has 6 aromatic rings. The van der Waals surface area contributed by atoms with Crippen molar-refractivity contribution < 1.29 is 4.74 Å². The lowest BCUT2D eigenvalue weighted by molar-refractivity contribution is 0.487. The van der Waals surface area contributed by atoms with Gasteiger partial charge >= 0.3 is 0 Å². The van der Waals surface area contributed by atoms with E-state index in [1.807, 2.05) is 6.07 Å². The highest BCUT2D eigenvalue weighted by atomic mass is 16.5. The molecule has 1 aliphatic carbocycles. The fourth-order valence-corrected chi connectivity index (χ4v) is 6.75. The van der Waals surface area contributed by atoms with Crippen LogP contribution in [0.25, 0.3) is 55.3 Å². The van der Waals surface area contributed by atoms with Crippen molar-refractivity contribution >= 4 is 10.8 Å². The van der Waals surface area contributed by atoms with Gasteiger partial charge in [-0.25, -0.2) is 0 Å². The Bertz CT molecular complexity index is 1910. The lowest BCUT2D eigenvalue weighted by Crippen LogP contribution is -2.14. The van der Waals surface area contributed by atoms with Gasteiger partial charge in [0.05, 0.1) is 0 Å². The first-order chi connectivity index (χ1) is 18.6. The second-order valence-electron chi connectivity index (χ2n) is 10.9. The number of ether oxygens (including phenoxy) is 1. The van der Waals surface area contributed by atoms with Crippen LogP contribution in [-0.4, -0.2) is 0 Å². The predicted octanol–water partition coefficient (Wildman–Crippen LogP) is 10.3. The minimum Gasteiger partial charge on any atom is -0.456 e. The van der Waals surface area contributed by atoms with Gasteiger partial charge in [0, 0.05) is 16.4 Å². The molecule has 38 heavy (non-hydrogen) atoms. The quantitative estimate of drug-likeness (QED) is 0.236. The lowest BCUT2D eigenvalue weighted by Gasteiger charge is -2.26. The maximum atomic E-state index is 6.58. The molecule has 0 atom stereocenters. The van der Waals surface area contributed by atoms with Crippen LogP contribution in [0.1, 0.15) is 25.0 Å². The zero-order chi connectivity index (χ0) is 25.4. The molecule has 0 spiro atoms. The summed E-state index contributed by atoms with van der Waals surface area (Å²) < 4.78 is 6.58. The Hall–Kier alpha value is -4.62. The molecule has 0 saturated carbocycles. The molecular weight excluding hydrogens is 460 g/mol. The van der Waals surface area contributed by atoms with Crippen LogP contribution in [0, 0.1) is 0 Å². The van der Waals surface area contributed by atoms with Crippen molar-refractivity contribution in [3.63, 3.8) is 0 Å². The van der Waals surface area contributed by atoms with Crippen LogP contribution in [0.3, 0.4) is 0 Å². The van der Waals surface area contributed by atoms with Crippen molar-refractivity contribution in [3.8, 4) is 56.0 Å². The third-order valence-electron chi connectivity index (χ3n) is 8.48. The summed E-state index contributed by atoms with van der Waals surface area (Å²) in [5, 5.41) is 2.41. The maximum absolute atomic E-state index is 6.58. The van der Waals surface area contributed by atoms with E-state index in [0.29, 0.717) is 0 Å². The zero-order valence-electron chi connectivity index (χ0n) is 21.5. The van der Waals surface area contributed by atoms with Gasteiger partial charge in [0.25, 0.3) is 0 Å². The molecule has 0 N–H and O–H groups in total. The van der Waals surface area contributed by atoms with Gasteiger partial charge in [-0.2, -0.15) is 0 Å². The summed E-state index contributed by atoms with van der Waals surface area (Å²) in [7, 11) is 0. The fourth-order valence-electron chi connectivity index (χ4n) is 6.75. The van der Waals surface area contributed by atoms with Crippen LogP contribution < -0.4 is 4.74 Å². The Kier molecular flexibility index (Phi) is 4.35. The highest BCUT2D eigenvalue weighted by molar-refractivity contribution is 6.15. The smallest absolute Gasteiger partial charge is 0.136 e. The second-order valence-corrected chi connectivity index (χ2v) is 10.9. The van der Waals surface area contributed by atoms with Gasteiger partial charge in [0.15, 0.2) is 0 Å². The molecule has 1 nitrogen and oxygen atoms in total. The Morgan fingerprint density at radius 3 is 2.00 bits per heavy atom. The van der Waals surface area contributed by atoms with E-state index in [2.05, 4.69) is 129 Å². The van der Waals surface area contributed by atoms with Gasteiger partial charge in [-0.15, -0.1) is 0 Å². The summed E-state index contributed by atoms with van der Waals surface area (Å²) in [5.41, 5.74) is 12.7. The summed E-state index contributed by atoms with van der Waals surface area (Å²) in [6.07, 6.45) is 0. The molecule has 6 aromatic carbocycles. The molecule has 1 heterocycles. The molecular formula is C37H26O. The van der Waals surface area contributed by atoms with Crippen LogP contribution in [0.4, 0.5) is 0 Å². The van der Waals surface area contributed by atoms with Gasteiger partial charge < -0.3 is 4.74 Å². The largest absolute Gasteiger partial charge is 0.456 e. The molecule has 0 bridgehead atoms. The van der Waals surface area contributed by atoms with E-state index in [1.165, 1.54) is 60.8 Å². The molecule has 0 fully saturated rings. The minimum absolute atomic E-state index is 0.0523. The molecule has 1 aliphatic heterocycles. The summed E-state index contributed by atoms with van der Waals surface area (Å²) in [4.78, 5) is 0. The van der Waals surface area contributed by atoms with Crippen LogP contribution in [0.15, 0.2) is 121 Å². The molecule has 1 heteroatoms. The van der Waals surface area contributed by atoms with Gasteiger partial charge in [-0.05, 0) is 67.6 Å². The summed E-state index contributed by atoms with van der Waals surface area (Å²) in [6.45, 7) is 4.70. The van der Waals surface area contributed by atoms with E-state index in [-0.39, 0.29) is 5.41 Å². The first kappa shape index (κ1) is 21.5. The Morgan fingerprint density at radius 2 is 1.13 bits per heavy atom. The fraction of sp³-hybridized carbons (Fsp3) is 0.0811. The summed E-state index contributed by atoms with van der Waals surface area (Å²) >= 11 is 0. The molecule has 0 radical (unpaired) electrons. The number of fused-ring (bicyclic) bond motifs is 5. The molecule has 0 saturated heterocycles. The maximum Gasteiger partial charge on any atom is 0.136 e. The van der Waals surface area contributed by atoms with Crippen molar-refractivity contribution in [2.24, 2.45) is 0 Å². The van der Waals surface area contributed by atoms with Crippen molar-refractivity contribution in [1.29, 1.82) is 0 Å². The normalized spacial score (nSPS) is 13.9. The zero-order valence-corrected chi connectivity index (χ0v) is 21.5. The molecule has 0 aromatic heterocycles. The number of hydrogen-bond acceptors (Lipinski definition) is 1. The SMILES string of the molecule is CC1(C)c2ccccc2-c2c(-c3c(-c4ccccc4)cc4c5c(cccc35)-c3ccccc3O4)cccc21. The van der Waals surface area contributed by atoms with Crippen LogP contribution in [0.2, 0.25) is 0 Å². The van der Waals surface area contributed by atoms with Gasteiger partial charge in [-0.1, -0.05) is 123 Å². The molecule has 8 rings (SSSR count). The van der Waals surface area contributed by atoms with Crippen molar-refractivity contribution in [2.45, 2.75) is 19.3 Å². The number of para-hydroxylation sites is 1. The van der Waals surface area contributed by atoms with Crippen molar-refractivity contribution in [3.05, 3.63) is 132 Å². The second kappa shape index (κ2) is 7.69. The van der Waals surface area contributed by atoms with E-state index in [9.17, 15) is 0 Å². The van der Waals surface area contributed by atoms with Crippen molar-refractivity contribution in [2.75, 3.05) is 0 Å². The van der Waals surface area contributed by atoms with E-state index in [1.54, 1.807) is 0 Å². The number of benzene rings is 6. The average molecular weight is 487 g/mol. The Labute approximate surface area is 223 Å². The van der Waals surface area contributed by atoms with Crippen molar-refractivity contribution in [1.82, 2.24) is 0 Å². The summed E-state index contributed by atoms with van der Waals surface area (Å²) in [6, 6.07) is 43.8. The van der Waals surface area contributed by atoms with Gasteiger partial charge in [0.1, 0.15) is 11.5 Å². The van der Waals surface area contributed by atoms with E-state index in [4.69, 9.17) is 4.74 Å². The van der Waals surface area contributed by atoms with E-state index >= 15 is 0 Å². The topological polar surface area (TPSA) is 9.23 Å². The first-order valence-corrected chi connectivity index (χ1v) is 13.3. The average Bonchev–Trinajstić information content (AvgIpc) is 3.20. The summed E-state index contributed by atoms with van der Waals surface area (Å²) in [5.74, 6) is 1.83. The third-order valence-corrected chi connectivity index (χ3v) is 8.48. The first-order valence-electron chi connectivity index (χ1n) is 13.3. The van der Waals surface area contributed by atoms with Gasteiger partial charge in [0.2, 0.25) is 0 Å². The number of rotatable bonds is 2. The molecule has 0 amide bonds. The monoisotopic (exact) mass is 486 g/mol. The molecule has 180 valence electrons.